The van der Waals surface area contributed by atoms with E-state index >= 15 is 0 Å². The summed E-state index contributed by atoms with van der Waals surface area (Å²) >= 11 is 0. The van der Waals surface area contributed by atoms with Crippen molar-refractivity contribution in [1.29, 1.82) is 0 Å². The van der Waals surface area contributed by atoms with Crippen LogP contribution in [0.1, 0.15) is 19.8 Å². The fourth-order valence-corrected chi connectivity index (χ4v) is 2.54. The van der Waals surface area contributed by atoms with Crippen molar-refractivity contribution in [2.24, 2.45) is 11.7 Å². The smallest absolute Gasteiger partial charge is 0.244 e. The van der Waals surface area contributed by atoms with Gasteiger partial charge in [-0.3, -0.25) is 9.59 Å². The third-order valence-electron chi connectivity index (χ3n) is 4.01. The van der Waals surface area contributed by atoms with E-state index in [9.17, 15) is 9.59 Å². The lowest BCUT2D eigenvalue weighted by Crippen LogP contribution is -2.57. The van der Waals surface area contributed by atoms with Gasteiger partial charge in [-0.05, 0) is 31.9 Å². The van der Waals surface area contributed by atoms with Gasteiger partial charge in [0.1, 0.15) is 5.54 Å². The molecule has 0 radical (unpaired) electrons. The van der Waals surface area contributed by atoms with Crippen LogP contribution in [0.15, 0.2) is 30.3 Å². The van der Waals surface area contributed by atoms with Crippen molar-refractivity contribution in [1.82, 2.24) is 4.90 Å². The molecule has 1 aromatic carbocycles. The van der Waals surface area contributed by atoms with Crippen LogP contribution in [0.5, 0.6) is 0 Å². The number of para-hydroxylation sites is 1. The lowest BCUT2D eigenvalue weighted by atomic mass is 9.93. The Hall–Kier alpha value is -1.92. The number of nitrogens with two attached hydrogens (primary N) is 1. The monoisotopic (exact) mass is 305 g/mol. The number of piperidine rings is 1. The van der Waals surface area contributed by atoms with E-state index in [1.807, 2.05) is 30.3 Å². The maximum Gasteiger partial charge on any atom is 0.244 e. The number of aliphatic hydroxyl groups excluding tert-OH is 1. The quantitative estimate of drug-likeness (QED) is 0.758. The Labute approximate surface area is 130 Å². The molecule has 6 nitrogen and oxygen atoms in total. The number of carbonyl (C=O) groups is 2. The largest absolute Gasteiger partial charge is 0.394 e. The van der Waals surface area contributed by atoms with Crippen molar-refractivity contribution in [3.8, 4) is 0 Å². The average Bonchev–Trinajstić information content (AvgIpc) is 2.55. The van der Waals surface area contributed by atoms with Gasteiger partial charge in [0, 0.05) is 24.7 Å². The molecule has 22 heavy (non-hydrogen) atoms. The molecule has 0 saturated carbocycles. The Kier molecular flexibility index (Phi) is 5.15. The highest BCUT2D eigenvalue weighted by molar-refractivity contribution is 5.93. The van der Waals surface area contributed by atoms with Crippen molar-refractivity contribution in [3.63, 3.8) is 0 Å². The van der Waals surface area contributed by atoms with Crippen LogP contribution in [0.4, 0.5) is 5.69 Å². The van der Waals surface area contributed by atoms with Crippen molar-refractivity contribution in [2.45, 2.75) is 25.3 Å². The van der Waals surface area contributed by atoms with E-state index in [-0.39, 0.29) is 24.3 Å². The molecule has 1 fully saturated rings. The van der Waals surface area contributed by atoms with Crippen LogP contribution in [0.2, 0.25) is 0 Å². The number of anilines is 1. The highest BCUT2D eigenvalue weighted by atomic mass is 16.3. The first-order chi connectivity index (χ1) is 10.4. The number of nitrogens with zero attached hydrogens (tertiary/aromatic N) is 1. The molecule has 1 heterocycles. The van der Waals surface area contributed by atoms with E-state index in [2.05, 4.69) is 5.32 Å². The molecular formula is C16H23N3O3. The van der Waals surface area contributed by atoms with E-state index < -0.39 is 5.54 Å². The van der Waals surface area contributed by atoms with Gasteiger partial charge in [-0.2, -0.15) is 0 Å². The van der Waals surface area contributed by atoms with Crippen molar-refractivity contribution < 1.29 is 14.7 Å². The summed E-state index contributed by atoms with van der Waals surface area (Å²) < 4.78 is 0. The normalized spacial score (nSPS) is 18.6. The van der Waals surface area contributed by atoms with Crippen molar-refractivity contribution in [2.75, 3.05) is 25.0 Å². The first kappa shape index (κ1) is 16.5. The molecular weight excluding hydrogens is 282 g/mol. The molecule has 0 spiro atoms. The van der Waals surface area contributed by atoms with Crippen LogP contribution in [0.25, 0.3) is 0 Å². The summed E-state index contributed by atoms with van der Waals surface area (Å²) in [4.78, 5) is 26.0. The zero-order chi connectivity index (χ0) is 16.2. The Morgan fingerprint density at radius 1 is 1.32 bits per heavy atom. The van der Waals surface area contributed by atoms with E-state index in [0.717, 1.165) is 5.69 Å². The Morgan fingerprint density at radius 3 is 2.45 bits per heavy atom. The number of carbonyl (C=O) groups excluding carboxylic acids is 2. The van der Waals surface area contributed by atoms with Gasteiger partial charge >= 0.3 is 0 Å². The molecule has 1 aromatic rings. The third-order valence-corrected chi connectivity index (χ3v) is 4.01. The predicted molar refractivity (Wildman–Crippen MR) is 84.1 cm³/mol. The van der Waals surface area contributed by atoms with E-state index in [1.54, 1.807) is 4.90 Å². The van der Waals surface area contributed by atoms with Crippen LogP contribution < -0.4 is 11.1 Å². The standard InChI is InChI=1S/C16H23N3O3/c1-16(17,11-20)15(22)19-9-7-12(8-10-19)14(21)18-13-5-3-2-4-6-13/h2-6,12,20H,7-11,17H2,1H3,(H,18,21). The van der Waals surface area contributed by atoms with Crippen LogP contribution in [0, 0.1) is 5.92 Å². The predicted octanol–water partition coefficient (Wildman–Crippen LogP) is 0.573. The summed E-state index contributed by atoms with van der Waals surface area (Å²) in [5.74, 6) is -0.393. The minimum atomic E-state index is -1.25. The summed E-state index contributed by atoms with van der Waals surface area (Å²) in [6.45, 7) is 2.10. The maximum absolute atomic E-state index is 12.2. The van der Waals surface area contributed by atoms with Gasteiger partial charge in [0.15, 0.2) is 0 Å². The lowest BCUT2D eigenvalue weighted by molar-refractivity contribution is -0.140. The van der Waals surface area contributed by atoms with Crippen molar-refractivity contribution in [3.05, 3.63) is 30.3 Å². The van der Waals surface area contributed by atoms with Crippen LogP contribution >= 0.6 is 0 Å². The average molecular weight is 305 g/mol. The minimum absolute atomic E-state index is 0.0176. The van der Waals surface area contributed by atoms with Crippen molar-refractivity contribution >= 4 is 17.5 Å². The number of rotatable bonds is 4. The summed E-state index contributed by atoms with van der Waals surface area (Å²) in [6.07, 6.45) is 1.21. The van der Waals surface area contributed by atoms with Gasteiger partial charge < -0.3 is 21.1 Å². The molecule has 0 aromatic heterocycles. The molecule has 4 N–H and O–H groups in total. The molecule has 6 heteroatoms. The van der Waals surface area contributed by atoms with E-state index in [0.29, 0.717) is 25.9 Å². The molecule has 1 atom stereocenters. The Balaban J connectivity index is 1.87. The summed E-state index contributed by atoms with van der Waals surface area (Å²) in [7, 11) is 0. The van der Waals surface area contributed by atoms with Gasteiger partial charge in [0.25, 0.3) is 0 Å². The first-order valence-corrected chi connectivity index (χ1v) is 7.49. The van der Waals surface area contributed by atoms with E-state index in [1.165, 1.54) is 6.92 Å². The lowest BCUT2D eigenvalue weighted by Gasteiger charge is -2.35. The second kappa shape index (κ2) is 6.89. The molecule has 120 valence electrons. The molecule has 1 saturated heterocycles. The summed E-state index contributed by atoms with van der Waals surface area (Å²) in [5, 5.41) is 12.1. The number of hydrogen-bond donors (Lipinski definition) is 3. The fourth-order valence-electron chi connectivity index (χ4n) is 2.54. The zero-order valence-corrected chi connectivity index (χ0v) is 12.8. The first-order valence-electron chi connectivity index (χ1n) is 7.49. The number of amides is 2. The molecule has 1 aliphatic heterocycles. The highest BCUT2D eigenvalue weighted by Crippen LogP contribution is 2.21. The van der Waals surface area contributed by atoms with Crippen LogP contribution in [0.3, 0.4) is 0 Å². The summed E-state index contributed by atoms with van der Waals surface area (Å²) in [5.41, 5.74) is 5.29. The molecule has 0 bridgehead atoms. The second-order valence-electron chi connectivity index (χ2n) is 6.00. The van der Waals surface area contributed by atoms with Crippen LogP contribution in [-0.4, -0.2) is 47.1 Å². The van der Waals surface area contributed by atoms with E-state index in [4.69, 9.17) is 10.8 Å². The summed E-state index contributed by atoms with van der Waals surface area (Å²) in [6, 6.07) is 9.32. The molecule has 0 aliphatic carbocycles. The third kappa shape index (κ3) is 3.84. The molecule has 1 unspecified atom stereocenters. The van der Waals surface area contributed by atoms with Gasteiger partial charge in [-0.25, -0.2) is 0 Å². The maximum atomic E-state index is 12.2. The van der Waals surface area contributed by atoms with Gasteiger partial charge in [-0.15, -0.1) is 0 Å². The topological polar surface area (TPSA) is 95.7 Å². The number of hydrogen-bond acceptors (Lipinski definition) is 4. The minimum Gasteiger partial charge on any atom is -0.394 e. The Morgan fingerprint density at radius 2 is 1.91 bits per heavy atom. The molecule has 2 amide bonds. The number of nitrogens with one attached hydrogen (secondary N) is 1. The SMILES string of the molecule is CC(N)(CO)C(=O)N1CCC(C(=O)Nc2ccccc2)CC1. The Bertz CT molecular complexity index is 523. The highest BCUT2D eigenvalue weighted by Gasteiger charge is 2.35. The van der Waals surface area contributed by atoms with Gasteiger partial charge in [0.2, 0.25) is 11.8 Å². The molecule has 1 aliphatic rings. The van der Waals surface area contributed by atoms with Gasteiger partial charge in [0.05, 0.1) is 6.61 Å². The number of aliphatic hydroxyl groups is 1. The second-order valence-corrected chi connectivity index (χ2v) is 6.00. The molecule has 2 rings (SSSR count). The fraction of sp³-hybridized carbons (Fsp3) is 0.500. The number of likely N-dealkylation sites (tertiary alicyclic amines) is 1. The van der Waals surface area contributed by atoms with Gasteiger partial charge in [-0.1, -0.05) is 18.2 Å². The van der Waals surface area contributed by atoms with Crippen LogP contribution in [-0.2, 0) is 9.59 Å². The number of benzene rings is 1. The zero-order valence-electron chi connectivity index (χ0n) is 12.8.